The Hall–Kier alpha value is -2.19. The third kappa shape index (κ3) is 4.13. The maximum Gasteiger partial charge on any atom is 0.242 e. The minimum atomic E-state index is -3.40. The van der Waals surface area contributed by atoms with Crippen molar-refractivity contribution in [2.24, 2.45) is 0 Å². The van der Waals surface area contributed by atoms with Gasteiger partial charge in [-0.15, -0.1) is 0 Å². The number of benzene rings is 1. The molecular weight excluding hydrogens is 352 g/mol. The molecule has 0 radical (unpaired) electrons. The summed E-state index contributed by atoms with van der Waals surface area (Å²) in [5.74, 6) is -0.189. The summed E-state index contributed by atoms with van der Waals surface area (Å²) in [5.41, 5.74) is 1.53. The van der Waals surface area contributed by atoms with E-state index in [4.69, 9.17) is 0 Å². The van der Waals surface area contributed by atoms with Crippen molar-refractivity contribution in [3.05, 3.63) is 42.7 Å². The van der Waals surface area contributed by atoms with Crippen molar-refractivity contribution in [1.29, 1.82) is 0 Å². The van der Waals surface area contributed by atoms with Crippen LogP contribution in [0.15, 0.2) is 42.7 Å². The number of anilines is 1. The van der Waals surface area contributed by atoms with Gasteiger partial charge in [0.15, 0.2) is 0 Å². The molecule has 2 heterocycles. The second kappa shape index (κ2) is 8.01. The molecule has 1 unspecified atom stereocenters. The minimum Gasteiger partial charge on any atom is -0.325 e. The Labute approximate surface area is 154 Å². The minimum absolute atomic E-state index is 0.0787. The lowest BCUT2D eigenvalue weighted by Gasteiger charge is -2.33. The first kappa shape index (κ1) is 18.6. The van der Waals surface area contributed by atoms with E-state index in [0.717, 1.165) is 18.5 Å². The van der Waals surface area contributed by atoms with E-state index in [1.54, 1.807) is 23.0 Å². The quantitative estimate of drug-likeness (QED) is 0.839. The van der Waals surface area contributed by atoms with Gasteiger partial charge in [0, 0.05) is 24.6 Å². The van der Waals surface area contributed by atoms with E-state index >= 15 is 0 Å². The molecule has 7 nitrogen and oxygen atoms in total. The largest absolute Gasteiger partial charge is 0.325 e. The lowest BCUT2D eigenvalue weighted by atomic mass is 10.0. The molecule has 1 amide bonds. The Kier molecular flexibility index (Phi) is 5.73. The number of nitrogens with zero attached hydrogens (tertiary/aromatic N) is 3. The van der Waals surface area contributed by atoms with Crippen molar-refractivity contribution >= 4 is 21.6 Å². The van der Waals surface area contributed by atoms with E-state index in [9.17, 15) is 13.2 Å². The fourth-order valence-electron chi connectivity index (χ4n) is 3.22. The molecule has 0 aliphatic carbocycles. The van der Waals surface area contributed by atoms with Crippen molar-refractivity contribution in [3.8, 4) is 5.69 Å². The summed E-state index contributed by atoms with van der Waals surface area (Å²) in [4.78, 5) is 12.7. The first-order valence-electron chi connectivity index (χ1n) is 8.92. The molecule has 0 spiro atoms. The summed E-state index contributed by atoms with van der Waals surface area (Å²) in [5, 5.41) is 7.01. The molecule has 8 heteroatoms. The molecule has 1 aliphatic rings. The highest BCUT2D eigenvalue weighted by molar-refractivity contribution is 7.89. The topological polar surface area (TPSA) is 84.3 Å². The van der Waals surface area contributed by atoms with Gasteiger partial charge in [0.25, 0.3) is 0 Å². The zero-order valence-corrected chi connectivity index (χ0v) is 15.7. The second-order valence-electron chi connectivity index (χ2n) is 6.43. The summed E-state index contributed by atoms with van der Waals surface area (Å²) >= 11 is 0. The highest BCUT2D eigenvalue weighted by Crippen LogP contribution is 2.23. The van der Waals surface area contributed by atoms with Crippen LogP contribution in [0.2, 0.25) is 0 Å². The van der Waals surface area contributed by atoms with Crippen molar-refractivity contribution < 1.29 is 13.2 Å². The molecule has 1 saturated heterocycles. The van der Waals surface area contributed by atoms with Crippen molar-refractivity contribution in [3.63, 3.8) is 0 Å². The molecule has 1 aromatic carbocycles. The average molecular weight is 376 g/mol. The van der Waals surface area contributed by atoms with E-state index in [1.807, 2.05) is 31.3 Å². The van der Waals surface area contributed by atoms with Crippen LogP contribution in [0.1, 0.15) is 32.6 Å². The lowest BCUT2D eigenvalue weighted by molar-refractivity contribution is -0.120. The molecule has 3 rings (SSSR count). The van der Waals surface area contributed by atoms with Crippen LogP contribution in [-0.2, 0) is 14.8 Å². The van der Waals surface area contributed by atoms with Gasteiger partial charge in [-0.1, -0.05) is 13.3 Å². The predicted octanol–water partition coefficient (Wildman–Crippen LogP) is 2.41. The van der Waals surface area contributed by atoms with Crippen molar-refractivity contribution in [1.82, 2.24) is 14.1 Å². The fourth-order valence-corrected chi connectivity index (χ4v) is 4.97. The highest BCUT2D eigenvalue weighted by atomic mass is 32.2. The Morgan fingerprint density at radius 3 is 2.69 bits per heavy atom. The van der Waals surface area contributed by atoms with E-state index < -0.39 is 16.1 Å². The van der Waals surface area contributed by atoms with E-state index in [2.05, 4.69) is 10.4 Å². The monoisotopic (exact) mass is 376 g/mol. The number of aromatic nitrogens is 2. The van der Waals surface area contributed by atoms with Crippen LogP contribution in [0.5, 0.6) is 0 Å². The Morgan fingerprint density at radius 1 is 1.27 bits per heavy atom. The van der Waals surface area contributed by atoms with Gasteiger partial charge in [-0.2, -0.15) is 9.40 Å². The number of carbonyl (C=O) groups is 1. The van der Waals surface area contributed by atoms with Gasteiger partial charge in [-0.25, -0.2) is 13.1 Å². The highest BCUT2D eigenvalue weighted by Gasteiger charge is 2.36. The number of amides is 1. The molecule has 140 valence electrons. The molecule has 2 aromatic rings. The van der Waals surface area contributed by atoms with Crippen LogP contribution in [-0.4, -0.2) is 46.8 Å². The number of piperidine rings is 1. The van der Waals surface area contributed by atoms with E-state index in [0.29, 0.717) is 25.1 Å². The van der Waals surface area contributed by atoms with Gasteiger partial charge in [0.05, 0.1) is 11.4 Å². The zero-order valence-electron chi connectivity index (χ0n) is 14.8. The van der Waals surface area contributed by atoms with Crippen LogP contribution in [0.4, 0.5) is 5.69 Å². The smallest absolute Gasteiger partial charge is 0.242 e. The van der Waals surface area contributed by atoms with E-state index in [1.165, 1.54) is 4.31 Å². The maximum atomic E-state index is 12.7. The third-order valence-corrected chi connectivity index (χ3v) is 6.56. The summed E-state index contributed by atoms with van der Waals surface area (Å²) in [6.45, 7) is 2.25. The van der Waals surface area contributed by atoms with Gasteiger partial charge < -0.3 is 5.32 Å². The van der Waals surface area contributed by atoms with Crippen LogP contribution < -0.4 is 5.32 Å². The number of rotatable bonds is 6. The molecule has 1 N–H and O–H groups in total. The van der Waals surface area contributed by atoms with Gasteiger partial charge in [-0.3, -0.25) is 4.79 Å². The summed E-state index contributed by atoms with van der Waals surface area (Å²) in [7, 11) is -3.40. The maximum absolute atomic E-state index is 12.7. The molecule has 0 bridgehead atoms. The molecule has 1 atom stereocenters. The van der Waals surface area contributed by atoms with E-state index in [-0.39, 0.29) is 11.7 Å². The number of sulfonamides is 1. The first-order valence-corrected chi connectivity index (χ1v) is 10.5. The van der Waals surface area contributed by atoms with Gasteiger partial charge in [0.2, 0.25) is 15.9 Å². The number of hydrogen-bond donors (Lipinski definition) is 1. The molecule has 26 heavy (non-hydrogen) atoms. The second-order valence-corrected chi connectivity index (χ2v) is 8.47. The van der Waals surface area contributed by atoms with Gasteiger partial charge >= 0.3 is 0 Å². The van der Waals surface area contributed by atoms with Gasteiger partial charge in [-0.05, 0) is 49.6 Å². The third-order valence-electron chi connectivity index (χ3n) is 4.48. The average Bonchev–Trinajstić information content (AvgIpc) is 3.17. The molecule has 1 fully saturated rings. The predicted molar refractivity (Wildman–Crippen MR) is 101 cm³/mol. The standard InChI is InChI=1S/C18H24N4O3S/c1-2-14-26(24,25)22-13-4-3-6-17(22)18(23)20-15-7-9-16(10-8-15)21-12-5-11-19-21/h5,7-12,17H,2-4,6,13-14H2,1H3,(H,20,23). The Balaban J connectivity index is 1.71. The first-order chi connectivity index (χ1) is 12.5. The molecular formula is C18H24N4O3S. The Bertz CT molecular complexity index is 832. The molecule has 1 aliphatic heterocycles. The number of hydrogen-bond acceptors (Lipinski definition) is 4. The van der Waals surface area contributed by atoms with Crippen LogP contribution in [0.3, 0.4) is 0 Å². The van der Waals surface area contributed by atoms with Gasteiger partial charge in [0.1, 0.15) is 6.04 Å². The van der Waals surface area contributed by atoms with Crippen molar-refractivity contribution in [2.45, 2.75) is 38.6 Å². The molecule has 0 saturated carbocycles. The fraction of sp³-hybridized carbons (Fsp3) is 0.444. The number of nitrogens with one attached hydrogen (secondary N) is 1. The summed E-state index contributed by atoms with van der Waals surface area (Å²) in [6.07, 6.45) is 6.29. The van der Waals surface area contributed by atoms with Crippen LogP contribution in [0, 0.1) is 0 Å². The van der Waals surface area contributed by atoms with Crippen LogP contribution >= 0.6 is 0 Å². The Morgan fingerprint density at radius 2 is 2.04 bits per heavy atom. The van der Waals surface area contributed by atoms with Crippen LogP contribution in [0.25, 0.3) is 5.69 Å². The zero-order chi connectivity index (χ0) is 18.6. The lowest BCUT2D eigenvalue weighted by Crippen LogP contribution is -2.50. The number of carbonyl (C=O) groups excluding carboxylic acids is 1. The normalized spacial score (nSPS) is 18.6. The summed E-state index contributed by atoms with van der Waals surface area (Å²) in [6, 6.07) is 8.51. The van der Waals surface area contributed by atoms with Crippen molar-refractivity contribution in [2.75, 3.05) is 17.6 Å². The SMILES string of the molecule is CCCS(=O)(=O)N1CCCCC1C(=O)Nc1ccc(-n2cccn2)cc1. The summed E-state index contributed by atoms with van der Waals surface area (Å²) < 4.78 is 28.0. The molecule has 1 aromatic heterocycles.